The molecule has 0 aliphatic carbocycles. The largest absolute Gasteiger partial charge is 0.179 e. The minimum atomic E-state index is 1.05. The van der Waals surface area contributed by atoms with Crippen molar-refractivity contribution in [1.29, 1.82) is 0 Å². The normalized spacial score (nSPS) is 17.6. The molecule has 0 saturated heterocycles. The second kappa shape index (κ2) is 13.8. The Kier molecular flexibility index (Phi) is 12.6. The average molecular weight is 455 g/mol. The van der Waals surface area contributed by atoms with Crippen molar-refractivity contribution in [3.05, 3.63) is 27.8 Å². The molecule has 7 heteroatoms. The molecule has 0 nitrogen and oxygen atoms in total. The lowest BCUT2D eigenvalue weighted by Gasteiger charge is -2.04. The van der Waals surface area contributed by atoms with Crippen molar-refractivity contribution in [2.24, 2.45) is 0 Å². The van der Waals surface area contributed by atoms with E-state index < -0.39 is 0 Å². The third kappa shape index (κ3) is 8.13. The standard InChI is InChI=1S/C17H26S7/c1-19-14-16(24-17(23-14)15-21-12-13-22-15)20-11-9-7-5-3-2-4-6-8-10-18/h12-13,18H,2-11H2,1H3. The molecule has 2 aliphatic heterocycles. The van der Waals surface area contributed by atoms with Gasteiger partial charge in [-0.25, -0.2) is 0 Å². The van der Waals surface area contributed by atoms with Gasteiger partial charge in [-0.1, -0.05) is 85.6 Å². The van der Waals surface area contributed by atoms with E-state index in [4.69, 9.17) is 0 Å². The molecule has 2 heterocycles. The van der Waals surface area contributed by atoms with Gasteiger partial charge in [0.1, 0.15) is 0 Å². The van der Waals surface area contributed by atoms with Crippen molar-refractivity contribution in [2.45, 2.75) is 51.4 Å². The molecule has 0 spiro atoms. The van der Waals surface area contributed by atoms with Crippen molar-refractivity contribution >= 4 is 83.2 Å². The zero-order valence-corrected chi connectivity index (χ0v) is 19.9. The molecule has 0 aromatic rings. The van der Waals surface area contributed by atoms with Gasteiger partial charge in [0.05, 0.1) is 16.9 Å². The van der Waals surface area contributed by atoms with E-state index in [1.807, 2.05) is 58.8 Å². The van der Waals surface area contributed by atoms with Crippen LogP contribution in [-0.2, 0) is 0 Å². The molecular formula is C17H26S7. The van der Waals surface area contributed by atoms with Gasteiger partial charge in [-0.3, -0.25) is 0 Å². The summed E-state index contributed by atoms with van der Waals surface area (Å²) < 4.78 is 5.99. The number of rotatable bonds is 12. The first kappa shape index (κ1) is 22.0. The summed E-state index contributed by atoms with van der Waals surface area (Å²) >= 11 is 16.0. The molecule has 0 N–H and O–H groups in total. The smallest absolute Gasteiger partial charge is 0.0717 e. The third-order valence-electron chi connectivity index (χ3n) is 3.58. The SMILES string of the molecule is CSC1=C(SCCCCCCCCCCS)SC(=C2SC=CS2)S1. The molecule has 0 radical (unpaired) electrons. The Hall–Kier alpha value is 1.67. The summed E-state index contributed by atoms with van der Waals surface area (Å²) in [5.74, 6) is 2.32. The van der Waals surface area contributed by atoms with Crippen LogP contribution in [0.25, 0.3) is 0 Å². The first-order valence-electron chi connectivity index (χ1n) is 8.45. The predicted molar refractivity (Wildman–Crippen MR) is 130 cm³/mol. The molecule has 136 valence electrons. The summed E-state index contributed by atoms with van der Waals surface area (Å²) in [5.41, 5.74) is 0. The van der Waals surface area contributed by atoms with E-state index in [0.717, 1.165) is 5.75 Å². The van der Waals surface area contributed by atoms with Gasteiger partial charge in [-0.2, -0.15) is 12.6 Å². The van der Waals surface area contributed by atoms with Crippen LogP contribution in [-0.4, -0.2) is 17.8 Å². The lowest BCUT2D eigenvalue weighted by Crippen LogP contribution is -1.84. The van der Waals surface area contributed by atoms with Crippen LogP contribution in [0.3, 0.4) is 0 Å². The number of thioether (sulfide) groups is 6. The van der Waals surface area contributed by atoms with Crippen LogP contribution in [0.4, 0.5) is 0 Å². The molecular weight excluding hydrogens is 429 g/mol. The average Bonchev–Trinajstić information content (AvgIpc) is 3.25. The highest BCUT2D eigenvalue weighted by Crippen LogP contribution is 2.61. The molecule has 0 unspecified atom stereocenters. The monoisotopic (exact) mass is 454 g/mol. The zero-order valence-electron chi connectivity index (χ0n) is 14.1. The van der Waals surface area contributed by atoms with Gasteiger partial charge in [0, 0.05) is 0 Å². The number of hydrogen-bond donors (Lipinski definition) is 1. The Morgan fingerprint density at radius 3 is 2.00 bits per heavy atom. The first-order valence-corrected chi connectivity index (χ1v) is 14.7. The van der Waals surface area contributed by atoms with E-state index in [1.165, 1.54) is 74.1 Å². The van der Waals surface area contributed by atoms with Crippen LogP contribution in [0.2, 0.25) is 0 Å². The summed E-state index contributed by atoms with van der Waals surface area (Å²) in [5, 5.41) is 4.38. The fourth-order valence-corrected chi connectivity index (χ4v) is 10.2. The summed E-state index contributed by atoms with van der Waals surface area (Å²) in [4.78, 5) is 0. The molecule has 0 fully saturated rings. The molecule has 0 saturated carbocycles. The predicted octanol–water partition coefficient (Wildman–Crippen LogP) is 8.82. The van der Waals surface area contributed by atoms with E-state index in [-0.39, 0.29) is 0 Å². The molecule has 2 rings (SSSR count). The van der Waals surface area contributed by atoms with Gasteiger partial charge in [-0.15, -0.1) is 23.5 Å². The molecule has 0 amide bonds. The highest BCUT2D eigenvalue weighted by Gasteiger charge is 2.24. The quantitative estimate of drug-likeness (QED) is 0.229. The molecule has 0 aromatic carbocycles. The second-order valence-electron chi connectivity index (χ2n) is 5.47. The summed E-state index contributed by atoms with van der Waals surface area (Å²) in [6.07, 6.45) is 13.2. The van der Waals surface area contributed by atoms with Gasteiger partial charge < -0.3 is 0 Å². The number of thiol groups is 1. The van der Waals surface area contributed by atoms with Crippen LogP contribution < -0.4 is 0 Å². The lowest BCUT2D eigenvalue weighted by atomic mass is 10.1. The second-order valence-corrected chi connectivity index (χ2v) is 12.7. The van der Waals surface area contributed by atoms with Crippen molar-refractivity contribution in [2.75, 3.05) is 17.8 Å². The third-order valence-corrected chi connectivity index (χ3v) is 12.0. The Morgan fingerprint density at radius 2 is 1.38 bits per heavy atom. The maximum atomic E-state index is 4.26. The molecule has 24 heavy (non-hydrogen) atoms. The lowest BCUT2D eigenvalue weighted by molar-refractivity contribution is 0.588. The van der Waals surface area contributed by atoms with E-state index in [1.54, 1.807) is 0 Å². The first-order chi connectivity index (χ1) is 11.8. The molecule has 0 bridgehead atoms. The van der Waals surface area contributed by atoms with Crippen molar-refractivity contribution in [3.8, 4) is 0 Å². The van der Waals surface area contributed by atoms with E-state index in [9.17, 15) is 0 Å². The van der Waals surface area contributed by atoms with Crippen LogP contribution in [0.1, 0.15) is 51.4 Å². The number of hydrogen-bond acceptors (Lipinski definition) is 7. The maximum Gasteiger partial charge on any atom is 0.0717 e. The topological polar surface area (TPSA) is 0 Å². The Labute approximate surface area is 178 Å². The van der Waals surface area contributed by atoms with Crippen LogP contribution in [0.5, 0.6) is 0 Å². The van der Waals surface area contributed by atoms with Gasteiger partial charge in [0.15, 0.2) is 0 Å². The summed E-state index contributed by atoms with van der Waals surface area (Å²) in [6.45, 7) is 0. The van der Waals surface area contributed by atoms with Crippen LogP contribution in [0, 0.1) is 0 Å². The van der Waals surface area contributed by atoms with Crippen LogP contribution >= 0.6 is 83.2 Å². The maximum absolute atomic E-state index is 4.26. The zero-order chi connectivity index (χ0) is 17.0. The highest BCUT2D eigenvalue weighted by molar-refractivity contribution is 8.42. The Balaban J connectivity index is 1.56. The van der Waals surface area contributed by atoms with Gasteiger partial charge in [0.2, 0.25) is 0 Å². The Bertz CT molecular complexity index is 458. The van der Waals surface area contributed by atoms with E-state index in [2.05, 4.69) is 41.5 Å². The van der Waals surface area contributed by atoms with Crippen molar-refractivity contribution in [3.63, 3.8) is 0 Å². The summed E-state index contributed by atoms with van der Waals surface area (Å²) in [6, 6.07) is 0. The molecule has 0 aromatic heterocycles. The van der Waals surface area contributed by atoms with Gasteiger partial charge in [-0.05, 0) is 41.4 Å². The fourth-order valence-electron chi connectivity index (χ4n) is 2.31. The molecule has 0 atom stereocenters. The van der Waals surface area contributed by atoms with Gasteiger partial charge in [0.25, 0.3) is 0 Å². The minimum absolute atomic E-state index is 1.05. The van der Waals surface area contributed by atoms with Crippen molar-refractivity contribution < 1.29 is 0 Å². The number of unbranched alkanes of at least 4 members (excludes halogenated alkanes) is 7. The molecule has 2 aliphatic rings. The van der Waals surface area contributed by atoms with E-state index in [0.29, 0.717) is 0 Å². The van der Waals surface area contributed by atoms with Crippen molar-refractivity contribution in [1.82, 2.24) is 0 Å². The Morgan fingerprint density at radius 1 is 0.792 bits per heavy atom. The fraction of sp³-hybridized carbons (Fsp3) is 0.647. The van der Waals surface area contributed by atoms with Crippen LogP contribution in [0.15, 0.2) is 27.8 Å². The summed E-state index contributed by atoms with van der Waals surface area (Å²) in [7, 11) is 0. The highest BCUT2D eigenvalue weighted by atomic mass is 32.3. The van der Waals surface area contributed by atoms with Gasteiger partial charge >= 0.3 is 0 Å². The minimum Gasteiger partial charge on any atom is -0.179 e. The van der Waals surface area contributed by atoms with E-state index >= 15 is 0 Å².